The number of benzene rings is 1. The zero-order valence-electron chi connectivity index (χ0n) is 14.9. The van der Waals surface area contributed by atoms with E-state index >= 15 is 0 Å². The Bertz CT molecular complexity index is 740. The number of thioether (sulfide) groups is 1. The molecule has 0 radical (unpaired) electrons. The van der Waals surface area contributed by atoms with Crippen LogP contribution in [-0.2, 0) is 4.79 Å². The van der Waals surface area contributed by atoms with Gasteiger partial charge in [-0.25, -0.2) is 15.4 Å². The molecule has 0 unspecified atom stereocenters. The summed E-state index contributed by atoms with van der Waals surface area (Å²) in [6.45, 7) is 8.23. The molecule has 0 spiro atoms. The molecule has 1 amide bonds. The molecule has 1 heterocycles. The number of ether oxygens (including phenoxy) is 1. The van der Waals surface area contributed by atoms with Crippen molar-refractivity contribution in [3.63, 3.8) is 0 Å². The van der Waals surface area contributed by atoms with Gasteiger partial charge in [0.05, 0.1) is 18.1 Å². The smallest absolute Gasteiger partial charge is 0.250 e. The molecule has 0 aliphatic heterocycles. The van der Waals surface area contributed by atoms with Crippen molar-refractivity contribution in [3.8, 4) is 5.75 Å². The van der Waals surface area contributed by atoms with Gasteiger partial charge < -0.3 is 4.74 Å². The van der Waals surface area contributed by atoms with Gasteiger partial charge in [-0.15, -0.1) is 0 Å². The van der Waals surface area contributed by atoms with Crippen molar-refractivity contribution in [1.29, 1.82) is 0 Å². The maximum absolute atomic E-state index is 11.9. The number of aromatic nitrogens is 2. The minimum absolute atomic E-state index is 0.196. The molecule has 0 atom stereocenters. The van der Waals surface area contributed by atoms with Gasteiger partial charge in [0.25, 0.3) is 5.91 Å². The summed E-state index contributed by atoms with van der Waals surface area (Å²) in [6.07, 6.45) is 0. The first-order chi connectivity index (χ1) is 12.0. The van der Waals surface area contributed by atoms with Gasteiger partial charge in [-0.05, 0) is 63.6 Å². The van der Waals surface area contributed by atoms with Crippen molar-refractivity contribution in [2.45, 2.75) is 32.9 Å². The highest BCUT2D eigenvalue weighted by atomic mass is 32.2. The summed E-state index contributed by atoms with van der Waals surface area (Å²) in [5, 5.41) is 4.74. The Labute approximate surface area is 152 Å². The summed E-state index contributed by atoms with van der Waals surface area (Å²) in [6, 6.07) is 9.48. The van der Waals surface area contributed by atoms with Crippen molar-refractivity contribution in [3.05, 3.63) is 47.3 Å². The molecule has 25 heavy (non-hydrogen) atoms. The van der Waals surface area contributed by atoms with E-state index in [1.165, 1.54) is 11.8 Å². The van der Waals surface area contributed by atoms with Crippen molar-refractivity contribution in [2.75, 3.05) is 12.4 Å². The first-order valence-electron chi connectivity index (χ1n) is 7.99. The van der Waals surface area contributed by atoms with E-state index in [1.807, 2.05) is 58.0 Å². The van der Waals surface area contributed by atoms with Gasteiger partial charge in [0.15, 0.2) is 5.16 Å². The van der Waals surface area contributed by atoms with Crippen LogP contribution in [0.5, 0.6) is 5.75 Å². The molecule has 6 nitrogen and oxygen atoms in total. The summed E-state index contributed by atoms with van der Waals surface area (Å²) in [5.74, 6) is 0.828. The van der Waals surface area contributed by atoms with Crippen molar-refractivity contribution < 1.29 is 9.53 Å². The SMILES string of the molecule is CCOc1ccc(/C(C)=N/NC(=O)CSc2nc(C)cc(C)n2)cc1. The number of nitrogens with zero attached hydrogens (tertiary/aromatic N) is 3. The average Bonchev–Trinajstić information content (AvgIpc) is 2.58. The van der Waals surface area contributed by atoms with Gasteiger partial charge in [0, 0.05) is 11.4 Å². The lowest BCUT2D eigenvalue weighted by atomic mass is 10.1. The molecule has 1 aromatic carbocycles. The lowest BCUT2D eigenvalue weighted by Crippen LogP contribution is -2.21. The molecule has 132 valence electrons. The fourth-order valence-electron chi connectivity index (χ4n) is 2.09. The molecular formula is C18H22N4O2S. The average molecular weight is 358 g/mol. The first kappa shape index (κ1) is 18.9. The summed E-state index contributed by atoms with van der Waals surface area (Å²) < 4.78 is 5.41. The Kier molecular flexibility index (Phi) is 6.94. The van der Waals surface area contributed by atoms with E-state index in [0.717, 1.165) is 28.4 Å². The molecule has 0 saturated heterocycles. The summed E-state index contributed by atoms with van der Waals surface area (Å²) >= 11 is 1.29. The highest BCUT2D eigenvalue weighted by molar-refractivity contribution is 7.99. The van der Waals surface area contributed by atoms with Gasteiger partial charge >= 0.3 is 0 Å². The number of hydrogen-bond donors (Lipinski definition) is 1. The normalized spacial score (nSPS) is 11.3. The van der Waals surface area contributed by atoms with Crippen LogP contribution in [0.15, 0.2) is 40.6 Å². The van der Waals surface area contributed by atoms with Gasteiger partial charge in [-0.1, -0.05) is 11.8 Å². The first-order valence-corrected chi connectivity index (χ1v) is 8.98. The fourth-order valence-corrected chi connectivity index (χ4v) is 2.83. The molecule has 1 N–H and O–H groups in total. The van der Waals surface area contributed by atoms with Crippen LogP contribution in [0.1, 0.15) is 30.8 Å². The lowest BCUT2D eigenvalue weighted by Gasteiger charge is -2.06. The van der Waals surface area contributed by atoms with Crippen molar-refractivity contribution in [2.24, 2.45) is 5.10 Å². The third kappa shape index (κ3) is 6.19. The molecule has 0 saturated carbocycles. The van der Waals surface area contributed by atoms with E-state index in [1.54, 1.807) is 0 Å². The lowest BCUT2D eigenvalue weighted by molar-refractivity contribution is -0.118. The van der Waals surface area contributed by atoms with Crippen molar-refractivity contribution >= 4 is 23.4 Å². The van der Waals surface area contributed by atoms with E-state index in [4.69, 9.17) is 4.74 Å². The molecule has 0 fully saturated rings. The zero-order valence-corrected chi connectivity index (χ0v) is 15.7. The quantitative estimate of drug-likeness (QED) is 0.356. The molecule has 0 aliphatic rings. The second-order valence-corrected chi connectivity index (χ2v) is 6.35. The zero-order chi connectivity index (χ0) is 18.2. The van der Waals surface area contributed by atoms with Crippen molar-refractivity contribution in [1.82, 2.24) is 15.4 Å². The summed E-state index contributed by atoms with van der Waals surface area (Å²) in [5.41, 5.74) is 5.99. The Balaban J connectivity index is 1.88. The standard InChI is InChI=1S/C18H22N4O2S/c1-5-24-16-8-6-15(7-9-16)14(4)21-22-17(23)11-25-18-19-12(2)10-13(3)20-18/h6-10H,5,11H2,1-4H3,(H,22,23)/b21-14+. The third-order valence-electron chi connectivity index (χ3n) is 3.23. The Hall–Kier alpha value is -2.41. The minimum Gasteiger partial charge on any atom is -0.494 e. The number of rotatable bonds is 7. The van der Waals surface area contributed by atoms with E-state index in [9.17, 15) is 4.79 Å². The number of carbonyl (C=O) groups is 1. The Morgan fingerprint density at radius 2 is 1.84 bits per heavy atom. The van der Waals surface area contributed by atoms with Crippen LogP contribution in [0.25, 0.3) is 0 Å². The van der Waals surface area contributed by atoms with Gasteiger partial charge in [0.1, 0.15) is 5.75 Å². The Morgan fingerprint density at radius 1 is 1.20 bits per heavy atom. The van der Waals surface area contributed by atoms with Gasteiger partial charge in [-0.3, -0.25) is 4.79 Å². The second-order valence-electron chi connectivity index (χ2n) is 5.41. The predicted octanol–water partition coefficient (Wildman–Crippen LogP) is 3.12. The second kappa shape index (κ2) is 9.17. The van der Waals surface area contributed by atoms with Crippen LogP contribution in [0, 0.1) is 13.8 Å². The summed E-state index contributed by atoms with van der Waals surface area (Å²) in [4.78, 5) is 20.5. The molecule has 2 rings (SSSR count). The molecule has 7 heteroatoms. The molecule has 0 bridgehead atoms. The monoisotopic (exact) mass is 358 g/mol. The van der Waals surface area contributed by atoms with Gasteiger partial charge in [-0.2, -0.15) is 5.10 Å². The summed E-state index contributed by atoms with van der Waals surface area (Å²) in [7, 11) is 0. The van der Waals surface area contributed by atoms with Gasteiger partial charge in [0.2, 0.25) is 0 Å². The maximum atomic E-state index is 11.9. The van der Waals surface area contributed by atoms with Crippen LogP contribution in [-0.4, -0.2) is 33.9 Å². The minimum atomic E-state index is -0.196. The van der Waals surface area contributed by atoms with Crippen LogP contribution in [0.3, 0.4) is 0 Å². The maximum Gasteiger partial charge on any atom is 0.250 e. The van der Waals surface area contributed by atoms with E-state index < -0.39 is 0 Å². The predicted molar refractivity (Wildman–Crippen MR) is 100 cm³/mol. The van der Waals surface area contributed by atoms with E-state index in [2.05, 4.69) is 20.5 Å². The molecule has 0 aliphatic carbocycles. The number of hydrazone groups is 1. The number of nitrogens with one attached hydrogen (secondary N) is 1. The van der Waals surface area contributed by atoms with Crippen LogP contribution in [0.2, 0.25) is 0 Å². The highest BCUT2D eigenvalue weighted by Crippen LogP contribution is 2.14. The highest BCUT2D eigenvalue weighted by Gasteiger charge is 2.06. The Morgan fingerprint density at radius 3 is 2.44 bits per heavy atom. The number of carbonyl (C=O) groups excluding carboxylic acids is 1. The topological polar surface area (TPSA) is 76.5 Å². The largest absolute Gasteiger partial charge is 0.494 e. The molecule has 1 aromatic heterocycles. The number of amides is 1. The van der Waals surface area contributed by atoms with Crippen LogP contribution in [0.4, 0.5) is 0 Å². The number of aryl methyl sites for hydroxylation is 2. The molecular weight excluding hydrogens is 336 g/mol. The fraction of sp³-hybridized carbons (Fsp3) is 0.333. The van der Waals surface area contributed by atoms with E-state index in [-0.39, 0.29) is 11.7 Å². The van der Waals surface area contributed by atoms with E-state index in [0.29, 0.717) is 11.8 Å². The third-order valence-corrected chi connectivity index (χ3v) is 4.07. The van der Waals surface area contributed by atoms with Crippen LogP contribution >= 0.6 is 11.8 Å². The molecule has 2 aromatic rings. The number of hydrogen-bond acceptors (Lipinski definition) is 6. The van der Waals surface area contributed by atoms with Crippen LogP contribution < -0.4 is 10.2 Å².